The molecule has 1 aromatic heterocycles. The van der Waals surface area contributed by atoms with Gasteiger partial charge >= 0.3 is 12.1 Å². The molecule has 0 atom stereocenters. The van der Waals surface area contributed by atoms with Gasteiger partial charge in [-0.2, -0.15) is 10.2 Å². The normalized spacial score (nSPS) is 10.0. The first-order chi connectivity index (χ1) is 13.6. The fourth-order valence-corrected chi connectivity index (χ4v) is 2.24. The maximum absolute atomic E-state index is 13.9. The van der Waals surface area contributed by atoms with Crippen molar-refractivity contribution in [3.05, 3.63) is 83.3 Å². The zero-order valence-corrected chi connectivity index (χ0v) is 14.6. The number of hydrogen-bond acceptors (Lipinski definition) is 6. The van der Waals surface area contributed by atoms with Crippen molar-refractivity contribution in [1.29, 1.82) is 5.26 Å². The number of nitrogens with one attached hydrogen (secondary N) is 1. The summed E-state index contributed by atoms with van der Waals surface area (Å²) >= 11 is 0. The molecule has 7 nitrogen and oxygen atoms in total. The van der Waals surface area contributed by atoms with Crippen LogP contribution in [0.5, 0.6) is 6.01 Å². The Bertz CT molecular complexity index is 1010. The number of amides is 1. The lowest BCUT2D eigenvalue weighted by Gasteiger charge is -2.09. The molecule has 0 fully saturated rings. The summed E-state index contributed by atoms with van der Waals surface area (Å²) in [5.41, 5.74) is 2.01. The van der Waals surface area contributed by atoms with Crippen LogP contribution in [0.15, 0.2) is 60.8 Å². The van der Waals surface area contributed by atoms with Crippen LogP contribution >= 0.6 is 0 Å². The summed E-state index contributed by atoms with van der Waals surface area (Å²) in [6.45, 7) is 0.122. The number of carbonyl (C=O) groups excluding carboxylic acids is 1. The van der Waals surface area contributed by atoms with E-state index >= 15 is 0 Å². The van der Waals surface area contributed by atoms with E-state index in [0.717, 1.165) is 17.3 Å². The van der Waals surface area contributed by atoms with Crippen LogP contribution in [0.1, 0.15) is 16.7 Å². The van der Waals surface area contributed by atoms with Crippen LogP contribution in [-0.2, 0) is 18.0 Å². The van der Waals surface area contributed by atoms with Gasteiger partial charge in [-0.1, -0.05) is 42.5 Å². The maximum atomic E-state index is 13.9. The van der Waals surface area contributed by atoms with E-state index in [9.17, 15) is 9.18 Å². The molecule has 0 aliphatic heterocycles. The number of aromatic nitrogens is 2. The molecule has 0 bridgehead atoms. The highest BCUT2D eigenvalue weighted by Crippen LogP contribution is 2.15. The van der Waals surface area contributed by atoms with E-state index in [1.807, 2.05) is 24.3 Å². The minimum Gasteiger partial charge on any atom is -0.459 e. The number of benzene rings is 2. The Morgan fingerprint density at radius 3 is 2.68 bits per heavy atom. The van der Waals surface area contributed by atoms with Crippen molar-refractivity contribution < 1.29 is 18.7 Å². The topological polar surface area (TPSA) is 97.1 Å². The van der Waals surface area contributed by atoms with E-state index in [-0.39, 0.29) is 25.0 Å². The highest BCUT2D eigenvalue weighted by atomic mass is 19.1. The van der Waals surface area contributed by atoms with E-state index in [1.165, 1.54) is 0 Å². The molecule has 140 valence electrons. The number of halogens is 1. The molecular weight excluding hydrogens is 363 g/mol. The summed E-state index contributed by atoms with van der Waals surface area (Å²) in [5.74, 6) is -1.18. The van der Waals surface area contributed by atoms with Crippen molar-refractivity contribution in [3.63, 3.8) is 0 Å². The molecule has 1 N–H and O–H groups in total. The number of carbonyl (C=O) groups is 1. The van der Waals surface area contributed by atoms with E-state index in [4.69, 9.17) is 14.7 Å². The third kappa shape index (κ3) is 5.25. The van der Waals surface area contributed by atoms with E-state index < -0.39 is 11.9 Å². The SMILES string of the molecule is N#Cc1cccc(COc2ncc(F)c(NC(=O)OCc3ccccc3)n2)c1. The molecule has 2 aromatic carbocycles. The average molecular weight is 378 g/mol. The molecule has 3 rings (SSSR count). The maximum Gasteiger partial charge on any atom is 0.413 e. The van der Waals surface area contributed by atoms with E-state index in [0.29, 0.717) is 5.56 Å². The second-order valence-electron chi connectivity index (χ2n) is 5.64. The zero-order chi connectivity index (χ0) is 19.8. The fourth-order valence-electron chi connectivity index (χ4n) is 2.24. The standard InChI is InChI=1S/C20H15FN4O3/c21-17-11-23-19(27-13-16-8-4-7-15(9-16)10-22)24-18(17)25-20(26)28-12-14-5-2-1-3-6-14/h1-9,11H,12-13H2,(H,23,24,25,26). The number of anilines is 1. The van der Waals surface area contributed by atoms with Gasteiger partial charge in [-0.3, -0.25) is 5.32 Å². The van der Waals surface area contributed by atoms with Gasteiger partial charge in [-0.15, -0.1) is 0 Å². The molecule has 0 saturated heterocycles. The fraction of sp³-hybridized carbons (Fsp3) is 0.100. The molecular formula is C20H15FN4O3. The molecule has 0 saturated carbocycles. The van der Waals surface area contributed by atoms with Crippen LogP contribution in [0, 0.1) is 17.1 Å². The quantitative estimate of drug-likeness (QED) is 0.700. The molecule has 0 radical (unpaired) electrons. The highest BCUT2D eigenvalue weighted by Gasteiger charge is 2.12. The lowest BCUT2D eigenvalue weighted by molar-refractivity contribution is 0.155. The first-order valence-corrected chi connectivity index (χ1v) is 8.26. The number of nitriles is 1. The first-order valence-electron chi connectivity index (χ1n) is 8.26. The minimum absolute atomic E-state index is 0.0396. The van der Waals surface area contributed by atoms with Crippen molar-refractivity contribution in [3.8, 4) is 12.1 Å². The third-order valence-electron chi connectivity index (χ3n) is 3.58. The molecule has 8 heteroatoms. The monoisotopic (exact) mass is 378 g/mol. The van der Waals surface area contributed by atoms with Gasteiger partial charge in [0.2, 0.25) is 0 Å². The van der Waals surface area contributed by atoms with Crippen LogP contribution in [0.3, 0.4) is 0 Å². The summed E-state index contributed by atoms with van der Waals surface area (Å²) in [6, 6.07) is 17.8. The molecule has 0 aliphatic rings. The predicted molar refractivity (Wildman–Crippen MR) is 97.7 cm³/mol. The van der Waals surface area contributed by atoms with Crippen LogP contribution in [0.25, 0.3) is 0 Å². The van der Waals surface area contributed by atoms with Gasteiger partial charge in [-0.25, -0.2) is 14.2 Å². The molecule has 28 heavy (non-hydrogen) atoms. The smallest absolute Gasteiger partial charge is 0.413 e. The molecule has 0 aliphatic carbocycles. The predicted octanol–water partition coefficient (Wildman–Crippen LogP) is 3.82. The van der Waals surface area contributed by atoms with Gasteiger partial charge in [0, 0.05) is 0 Å². The van der Waals surface area contributed by atoms with Gasteiger partial charge in [0.05, 0.1) is 17.8 Å². The largest absolute Gasteiger partial charge is 0.459 e. The number of hydrogen-bond donors (Lipinski definition) is 1. The number of rotatable bonds is 6. The molecule has 0 spiro atoms. The zero-order valence-electron chi connectivity index (χ0n) is 14.6. The Kier molecular flexibility index (Phi) is 6.10. The summed E-state index contributed by atoms with van der Waals surface area (Å²) < 4.78 is 24.3. The number of nitrogens with zero attached hydrogens (tertiary/aromatic N) is 3. The van der Waals surface area contributed by atoms with Crippen molar-refractivity contribution in [1.82, 2.24) is 9.97 Å². The molecule has 0 unspecified atom stereocenters. The first kappa shape index (κ1) is 18.8. The minimum atomic E-state index is -0.853. The summed E-state index contributed by atoms with van der Waals surface area (Å²) in [6.07, 6.45) is 0.0371. The molecule has 3 aromatic rings. The van der Waals surface area contributed by atoms with Gasteiger partial charge in [-0.05, 0) is 23.3 Å². The Hall–Kier alpha value is -3.99. The van der Waals surface area contributed by atoms with E-state index in [1.54, 1.807) is 36.4 Å². The Morgan fingerprint density at radius 2 is 1.89 bits per heavy atom. The van der Waals surface area contributed by atoms with Crippen molar-refractivity contribution >= 4 is 11.9 Å². The van der Waals surface area contributed by atoms with Crippen molar-refractivity contribution in [2.75, 3.05) is 5.32 Å². The highest BCUT2D eigenvalue weighted by molar-refractivity contribution is 5.83. The van der Waals surface area contributed by atoms with Gasteiger partial charge in [0.15, 0.2) is 11.6 Å². The third-order valence-corrected chi connectivity index (χ3v) is 3.58. The van der Waals surface area contributed by atoms with Crippen LogP contribution < -0.4 is 10.1 Å². The summed E-state index contributed by atoms with van der Waals surface area (Å²) in [7, 11) is 0. The average Bonchev–Trinajstić information content (AvgIpc) is 2.73. The number of ether oxygens (including phenoxy) is 2. The summed E-state index contributed by atoms with van der Waals surface area (Å²) in [4.78, 5) is 19.4. The van der Waals surface area contributed by atoms with Crippen molar-refractivity contribution in [2.24, 2.45) is 0 Å². The Morgan fingerprint density at radius 1 is 1.11 bits per heavy atom. The van der Waals surface area contributed by atoms with E-state index in [2.05, 4.69) is 15.3 Å². The van der Waals surface area contributed by atoms with Gasteiger partial charge in [0.25, 0.3) is 0 Å². The Balaban J connectivity index is 1.59. The lowest BCUT2D eigenvalue weighted by Crippen LogP contribution is -2.16. The summed E-state index contributed by atoms with van der Waals surface area (Å²) in [5, 5.41) is 11.1. The molecule has 1 amide bonds. The Labute approximate surface area is 160 Å². The van der Waals surface area contributed by atoms with Crippen LogP contribution in [0.4, 0.5) is 15.0 Å². The second kappa shape index (κ2) is 9.09. The lowest BCUT2D eigenvalue weighted by atomic mass is 10.1. The van der Waals surface area contributed by atoms with Crippen LogP contribution in [0.2, 0.25) is 0 Å². The van der Waals surface area contributed by atoms with Gasteiger partial charge < -0.3 is 9.47 Å². The van der Waals surface area contributed by atoms with Crippen LogP contribution in [-0.4, -0.2) is 16.1 Å². The molecule has 1 heterocycles. The second-order valence-corrected chi connectivity index (χ2v) is 5.64. The van der Waals surface area contributed by atoms with Gasteiger partial charge in [0.1, 0.15) is 13.2 Å². The van der Waals surface area contributed by atoms with Crippen molar-refractivity contribution in [2.45, 2.75) is 13.2 Å².